The highest BCUT2D eigenvalue weighted by Gasteiger charge is 2.28. The predicted molar refractivity (Wildman–Crippen MR) is 69.0 cm³/mol. The van der Waals surface area contributed by atoms with Gasteiger partial charge >= 0.3 is 6.03 Å². The standard InChI is InChI=1S/C13H14FN3O2/c14-10-1-3-11(4-2-10)17-9-12(15-13(17)18)16-5-7-19-8-6-16/h1-4H,5-9H2. The van der Waals surface area contributed by atoms with Crippen LogP contribution in [0.5, 0.6) is 0 Å². The second-order valence-corrected chi connectivity index (χ2v) is 4.47. The van der Waals surface area contributed by atoms with Gasteiger partial charge in [0.15, 0.2) is 0 Å². The molecule has 0 spiro atoms. The summed E-state index contributed by atoms with van der Waals surface area (Å²) in [6.45, 7) is 3.25. The van der Waals surface area contributed by atoms with Crippen molar-refractivity contribution in [3.63, 3.8) is 0 Å². The number of aliphatic imine (C=N–C) groups is 1. The highest BCUT2D eigenvalue weighted by Crippen LogP contribution is 2.20. The van der Waals surface area contributed by atoms with Crippen LogP contribution in [0.2, 0.25) is 0 Å². The summed E-state index contributed by atoms with van der Waals surface area (Å²) >= 11 is 0. The molecule has 0 radical (unpaired) electrons. The van der Waals surface area contributed by atoms with Gasteiger partial charge in [-0.05, 0) is 24.3 Å². The van der Waals surface area contributed by atoms with Crippen LogP contribution in [-0.2, 0) is 4.74 Å². The average Bonchev–Trinajstić information content (AvgIpc) is 2.83. The number of halogens is 1. The zero-order valence-electron chi connectivity index (χ0n) is 10.4. The number of morpholine rings is 1. The number of rotatable bonds is 1. The van der Waals surface area contributed by atoms with Crippen molar-refractivity contribution in [1.82, 2.24) is 4.90 Å². The van der Waals surface area contributed by atoms with Crippen molar-refractivity contribution in [2.45, 2.75) is 0 Å². The van der Waals surface area contributed by atoms with E-state index in [4.69, 9.17) is 4.74 Å². The Kier molecular flexibility index (Phi) is 3.16. The molecule has 1 fully saturated rings. The van der Waals surface area contributed by atoms with E-state index in [-0.39, 0.29) is 11.8 Å². The van der Waals surface area contributed by atoms with Crippen molar-refractivity contribution in [2.75, 3.05) is 37.7 Å². The van der Waals surface area contributed by atoms with E-state index in [0.29, 0.717) is 25.4 Å². The molecule has 0 aliphatic carbocycles. The van der Waals surface area contributed by atoms with E-state index in [1.165, 1.54) is 12.1 Å². The predicted octanol–water partition coefficient (Wildman–Crippen LogP) is 1.50. The zero-order valence-corrected chi connectivity index (χ0v) is 10.4. The number of urea groups is 1. The molecule has 2 aliphatic rings. The first kappa shape index (κ1) is 12.1. The Morgan fingerprint density at radius 1 is 1.16 bits per heavy atom. The lowest BCUT2D eigenvalue weighted by Crippen LogP contribution is -2.43. The van der Waals surface area contributed by atoms with E-state index in [2.05, 4.69) is 9.89 Å². The number of hydrogen-bond acceptors (Lipinski definition) is 3. The molecule has 2 amide bonds. The summed E-state index contributed by atoms with van der Waals surface area (Å²) < 4.78 is 18.2. The van der Waals surface area contributed by atoms with Crippen LogP contribution in [0, 0.1) is 5.82 Å². The Morgan fingerprint density at radius 2 is 1.84 bits per heavy atom. The fourth-order valence-corrected chi connectivity index (χ4v) is 2.23. The van der Waals surface area contributed by atoms with Crippen LogP contribution in [0.1, 0.15) is 0 Å². The van der Waals surface area contributed by atoms with Gasteiger partial charge in [-0.2, -0.15) is 4.99 Å². The SMILES string of the molecule is O=C1N=C(N2CCOCC2)CN1c1ccc(F)cc1. The number of amidine groups is 1. The van der Waals surface area contributed by atoms with Gasteiger partial charge in [-0.1, -0.05) is 0 Å². The summed E-state index contributed by atoms with van der Waals surface area (Å²) in [5.74, 6) is 0.447. The first-order valence-electron chi connectivity index (χ1n) is 6.21. The largest absolute Gasteiger partial charge is 0.378 e. The fraction of sp³-hybridized carbons (Fsp3) is 0.385. The smallest absolute Gasteiger partial charge is 0.350 e. The molecule has 0 N–H and O–H groups in total. The molecule has 0 unspecified atom stereocenters. The molecule has 1 aromatic carbocycles. The molecule has 2 aliphatic heterocycles. The molecule has 6 heteroatoms. The van der Waals surface area contributed by atoms with Gasteiger partial charge in [0.05, 0.1) is 19.8 Å². The summed E-state index contributed by atoms with van der Waals surface area (Å²) in [5, 5.41) is 0. The lowest BCUT2D eigenvalue weighted by atomic mass is 10.3. The molecule has 0 atom stereocenters. The first-order valence-corrected chi connectivity index (χ1v) is 6.21. The summed E-state index contributed by atoms with van der Waals surface area (Å²) in [5.41, 5.74) is 0.665. The van der Waals surface area contributed by atoms with Gasteiger partial charge in [0.2, 0.25) is 0 Å². The molecular weight excluding hydrogens is 249 g/mol. The number of carbonyl (C=O) groups is 1. The van der Waals surface area contributed by atoms with E-state index in [1.807, 2.05) is 0 Å². The van der Waals surface area contributed by atoms with Crippen molar-refractivity contribution in [3.05, 3.63) is 30.1 Å². The van der Waals surface area contributed by atoms with E-state index in [1.54, 1.807) is 17.0 Å². The normalized spacial score (nSPS) is 19.8. The summed E-state index contributed by atoms with van der Waals surface area (Å²) in [6.07, 6.45) is 0. The van der Waals surface area contributed by atoms with Crippen LogP contribution in [0.4, 0.5) is 14.9 Å². The maximum Gasteiger partial charge on any atom is 0.350 e. The molecule has 0 saturated carbocycles. The van der Waals surface area contributed by atoms with Gasteiger partial charge in [-0.3, -0.25) is 4.90 Å². The summed E-state index contributed by atoms with van der Waals surface area (Å²) in [4.78, 5) is 19.6. The molecule has 1 aromatic rings. The number of anilines is 1. The third-order valence-corrected chi connectivity index (χ3v) is 3.27. The van der Waals surface area contributed by atoms with E-state index >= 15 is 0 Å². The molecule has 0 aromatic heterocycles. The van der Waals surface area contributed by atoms with Crippen LogP contribution >= 0.6 is 0 Å². The second kappa shape index (κ2) is 4.97. The minimum Gasteiger partial charge on any atom is -0.378 e. The van der Waals surface area contributed by atoms with Crippen LogP contribution in [0.3, 0.4) is 0 Å². The maximum absolute atomic E-state index is 12.9. The number of benzene rings is 1. The number of nitrogens with zero attached hydrogens (tertiary/aromatic N) is 3. The van der Waals surface area contributed by atoms with Crippen molar-refractivity contribution in [2.24, 2.45) is 4.99 Å². The third-order valence-electron chi connectivity index (χ3n) is 3.27. The van der Waals surface area contributed by atoms with Crippen molar-refractivity contribution >= 4 is 17.6 Å². The number of carbonyl (C=O) groups excluding carboxylic acids is 1. The molecule has 3 rings (SSSR count). The average molecular weight is 263 g/mol. The fourth-order valence-electron chi connectivity index (χ4n) is 2.23. The number of amides is 2. The minimum atomic E-state index is -0.315. The first-order chi connectivity index (χ1) is 9.24. The van der Waals surface area contributed by atoms with Crippen molar-refractivity contribution in [1.29, 1.82) is 0 Å². The van der Waals surface area contributed by atoms with Gasteiger partial charge in [0.25, 0.3) is 0 Å². The lowest BCUT2D eigenvalue weighted by Gasteiger charge is -2.28. The Morgan fingerprint density at radius 3 is 2.53 bits per heavy atom. The van der Waals surface area contributed by atoms with Crippen LogP contribution in [-0.4, -0.2) is 49.6 Å². The molecular formula is C13H14FN3O2. The van der Waals surface area contributed by atoms with Gasteiger partial charge < -0.3 is 9.64 Å². The third kappa shape index (κ3) is 2.44. The highest BCUT2D eigenvalue weighted by molar-refractivity contribution is 6.11. The second-order valence-electron chi connectivity index (χ2n) is 4.47. The summed E-state index contributed by atoms with van der Waals surface area (Å²) in [7, 11) is 0. The Labute approximate surface area is 110 Å². The Hall–Kier alpha value is -1.95. The number of hydrogen-bond donors (Lipinski definition) is 0. The van der Waals surface area contributed by atoms with Crippen LogP contribution in [0.15, 0.2) is 29.3 Å². The number of ether oxygens (including phenoxy) is 1. The molecule has 5 nitrogen and oxygen atoms in total. The minimum absolute atomic E-state index is 0.298. The van der Waals surface area contributed by atoms with E-state index < -0.39 is 0 Å². The van der Waals surface area contributed by atoms with E-state index in [0.717, 1.165) is 18.9 Å². The van der Waals surface area contributed by atoms with E-state index in [9.17, 15) is 9.18 Å². The lowest BCUT2D eigenvalue weighted by molar-refractivity contribution is 0.0678. The van der Waals surface area contributed by atoms with Gasteiger partial charge in [-0.25, -0.2) is 9.18 Å². The molecule has 100 valence electrons. The van der Waals surface area contributed by atoms with Crippen LogP contribution in [0.25, 0.3) is 0 Å². The zero-order chi connectivity index (χ0) is 13.2. The van der Waals surface area contributed by atoms with Crippen molar-refractivity contribution in [3.8, 4) is 0 Å². The van der Waals surface area contributed by atoms with Gasteiger partial charge in [0.1, 0.15) is 11.7 Å². The van der Waals surface area contributed by atoms with Gasteiger partial charge in [-0.15, -0.1) is 0 Å². The molecule has 0 bridgehead atoms. The topological polar surface area (TPSA) is 45.1 Å². The van der Waals surface area contributed by atoms with Crippen molar-refractivity contribution < 1.29 is 13.9 Å². The molecule has 19 heavy (non-hydrogen) atoms. The highest BCUT2D eigenvalue weighted by atomic mass is 19.1. The molecule has 1 saturated heterocycles. The monoisotopic (exact) mass is 263 g/mol. The summed E-state index contributed by atoms with van der Waals surface area (Å²) in [6, 6.07) is 5.56. The van der Waals surface area contributed by atoms with Gasteiger partial charge in [0, 0.05) is 18.8 Å². The quantitative estimate of drug-likeness (QED) is 0.771. The Bertz CT molecular complexity index is 509. The maximum atomic E-state index is 12.9. The van der Waals surface area contributed by atoms with Crippen LogP contribution < -0.4 is 4.90 Å². The Balaban J connectivity index is 1.74. The molecule has 2 heterocycles.